The zero-order chi connectivity index (χ0) is 20.4. The zero-order valence-corrected chi connectivity index (χ0v) is 16.3. The normalized spacial score (nSPS) is 20.0. The van der Waals surface area contributed by atoms with Gasteiger partial charge in [0.1, 0.15) is 23.6 Å². The fourth-order valence-corrected chi connectivity index (χ4v) is 3.46. The molecule has 8 heteroatoms. The maximum atomic E-state index is 12.9. The summed E-state index contributed by atoms with van der Waals surface area (Å²) < 4.78 is 21.4. The Labute approximate surface area is 168 Å². The van der Waals surface area contributed by atoms with Crippen LogP contribution in [-0.4, -0.2) is 49.4 Å². The molecule has 1 N–H and O–H groups in total. The van der Waals surface area contributed by atoms with Gasteiger partial charge in [-0.2, -0.15) is 0 Å². The van der Waals surface area contributed by atoms with Gasteiger partial charge in [-0.25, -0.2) is 4.79 Å². The van der Waals surface area contributed by atoms with Crippen molar-refractivity contribution in [3.63, 3.8) is 0 Å². The zero-order valence-electron chi connectivity index (χ0n) is 16.3. The minimum Gasteiger partial charge on any atom is -0.497 e. The standard InChI is InChI=1S/C21H22N2O6/c1-21(12-14-3-8-17-18(11-14)29-13-28-17)19(24)23(20(25)22-21)9-10-27-16-6-4-15(26-2)5-7-16/h3-8,11H,9-10,12-13H2,1-2H3,(H,22,25). The highest BCUT2D eigenvalue weighted by Crippen LogP contribution is 2.34. The van der Waals surface area contributed by atoms with Crippen molar-refractivity contribution < 1.29 is 28.5 Å². The van der Waals surface area contributed by atoms with Crippen molar-refractivity contribution in [1.82, 2.24) is 10.2 Å². The molecule has 2 aromatic carbocycles. The van der Waals surface area contributed by atoms with Gasteiger partial charge in [-0.05, 0) is 48.9 Å². The van der Waals surface area contributed by atoms with E-state index in [0.29, 0.717) is 23.7 Å². The molecule has 29 heavy (non-hydrogen) atoms. The molecule has 0 aromatic heterocycles. The number of hydrogen-bond acceptors (Lipinski definition) is 6. The third kappa shape index (κ3) is 3.78. The lowest BCUT2D eigenvalue weighted by Crippen LogP contribution is -2.46. The van der Waals surface area contributed by atoms with Gasteiger partial charge in [-0.15, -0.1) is 0 Å². The van der Waals surface area contributed by atoms with Crippen molar-refractivity contribution in [2.75, 3.05) is 27.1 Å². The van der Waals surface area contributed by atoms with E-state index in [-0.39, 0.29) is 25.9 Å². The molecule has 1 atom stereocenters. The third-order valence-corrected chi connectivity index (χ3v) is 4.98. The van der Waals surface area contributed by atoms with Crippen LogP contribution in [-0.2, 0) is 11.2 Å². The minimum absolute atomic E-state index is 0.160. The SMILES string of the molecule is COc1ccc(OCCN2C(=O)NC(C)(Cc3ccc4c(c3)OCO4)C2=O)cc1. The van der Waals surface area contributed by atoms with Crippen molar-refractivity contribution in [2.24, 2.45) is 0 Å². The maximum Gasteiger partial charge on any atom is 0.325 e. The molecule has 1 saturated heterocycles. The van der Waals surface area contributed by atoms with Gasteiger partial charge in [0, 0.05) is 6.42 Å². The number of methoxy groups -OCH3 is 1. The molecule has 0 radical (unpaired) electrons. The van der Waals surface area contributed by atoms with Crippen LogP contribution >= 0.6 is 0 Å². The first-order valence-electron chi connectivity index (χ1n) is 9.28. The summed E-state index contributed by atoms with van der Waals surface area (Å²) in [5.74, 6) is 2.41. The van der Waals surface area contributed by atoms with Crippen LogP contribution in [0.25, 0.3) is 0 Å². The first-order valence-corrected chi connectivity index (χ1v) is 9.28. The van der Waals surface area contributed by atoms with Crippen molar-refractivity contribution in [2.45, 2.75) is 18.9 Å². The summed E-state index contributed by atoms with van der Waals surface area (Å²) in [4.78, 5) is 26.5. The average molecular weight is 398 g/mol. The number of imide groups is 1. The highest BCUT2D eigenvalue weighted by Gasteiger charge is 2.47. The Morgan fingerprint density at radius 3 is 2.55 bits per heavy atom. The number of rotatable bonds is 7. The van der Waals surface area contributed by atoms with Crippen molar-refractivity contribution >= 4 is 11.9 Å². The van der Waals surface area contributed by atoms with Crippen LogP contribution in [0, 0.1) is 0 Å². The summed E-state index contributed by atoms with van der Waals surface area (Å²) in [6, 6.07) is 12.2. The molecule has 8 nitrogen and oxygen atoms in total. The van der Waals surface area contributed by atoms with Crippen LogP contribution in [0.5, 0.6) is 23.0 Å². The Morgan fingerprint density at radius 2 is 1.79 bits per heavy atom. The molecular weight excluding hydrogens is 376 g/mol. The summed E-state index contributed by atoms with van der Waals surface area (Å²) in [6.07, 6.45) is 0.351. The van der Waals surface area contributed by atoms with E-state index >= 15 is 0 Å². The van der Waals surface area contributed by atoms with Gasteiger partial charge in [0.2, 0.25) is 6.79 Å². The maximum absolute atomic E-state index is 12.9. The number of fused-ring (bicyclic) bond motifs is 1. The summed E-state index contributed by atoms with van der Waals surface area (Å²) in [7, 11) is 1.59. The molecule has 152 valence electrons. The molecule has 3 amide bonds. The van der Waals surface area contributed by atoms with E-state index in [4.69, 9.17) is 18.9 Å². The molecule has 0 spiro atoms. The second-order valence-corrected chi connectivity index (χ2v) is 7.11. The van der Waals surface area contributed by atoms with Crippen LogP contribution in [0.15, 0.2) is 42.5 Å². The van der Waals surface area contributed by atoms with Gasteiger partial charge in [-0.3, -0.25) is 9.69 Å². The second kappa shape index (κ2) is 7.54. The predicted octanol–water partition coefficient (Wildman–Crippen LogP) is 2.36. The first-order chi connectivity index (χ1) is 14.0. The van der Waals surface area contributed by atoms with Crippen LogP contribution < -0.4 is 24.3 Å². The van der Waals surface area contributed by atoms with Crippen LogP contribution in [0.2, 0.25) is 0 Å². The Kier molecular flexibility index (Phi) is 4.92. The number of carbonyl (C=O) groups is 2. The van der Waals surface area contributed by atoms with E-state index in [1.165, 1.54) is 4.90 Å². The molecule has 2 aromatic rings. The number of urea groups is 1. The third-order valence-electron chi connectivity index (χ3n) is 4.98. The molecular formula is C21H22N2O6. The van der Waals surface area contributed by atoms with E-state index in [9.17, 15) is 9.59 Å². The Hall–Kier alpha value is -3.42. The highest BCUT2D eigenvalue weighted by atomic mass is 16.7. The number of carbonyl (C=O) groups excluding carboxylic acids is 2. The summed E-state index contributed by atoms with van der Waals surface area (Å²) >= 11 is 0. The molecule has 1 fully saturated rings. The number of nitrogens with one attached hydrogen (secondary N) is 1. The molecule has 0 bridgehead atoms. The monoisotopic (exact) mass is 398 g/mol. The summed E-state index contributed by atoms with van der Waals surface area (Å²) in [5, 5.41) is 2.80. The predicted molar refractivity (Wildman–Crippen MR) is 103 cm³/mol. The highest BCUT2D eigenvalue weighted by molar-refractivity contribution is 6.07. The van der Waals surface area contributed by atoms with E-state index < -0.39 is 11.6 Å². The Morgan fingerprint density at radius 1 is 1.07 bits per heavy atom. The fraction of sp³-hybridized carbons (Fsp3) is 0.333. The lowest BCUT2D eigenvalue weighted by molar-refractivity contribution is -0.131. The topological polar surface area (TPSA) is 86.3 Å². The van der Waals surface area contributed by atoms with E-state index in [0.717, 1.165) is 11.3 Å². The largest absolute Gasteiger partial charge is 0.497 e. The minimum atomic E-state index is -1.02. The molecule has 2 heterocycles. The van der Waals surface area contributed by atoms with Gasteiger partial charge < -0.3 is 24.3 Å². The number of hydrogen-bond donors (Lipinski definition) is 1. The Bertz CT molecular complexity index is 929. The van der Waals surface area contributed by atoms with Crippen molar-refractivity contribution in [1.29, 1.82) is 0 Å². The van der Waals surface area contributed by atoms with Crippen LogP contribution in [0.4, 0.5) is 4.79 Å². The van der Waals surface area contributed by atoms with Crippen molar-refractivity contribution in [3.05, 3.63) is 48.0 Å². The van der Waals surface area contributed by atoms with Crippen molar-refractivity contribution in [3.8, 4) is 23.0 Å². The summed E-state index contributed by atoms with van der Waals surface area (Å²) in [6.45, 7) is 2.27. The van der Waals surface area contributed by atoms with Gasteiger partial charge in [0.15, 0.2) is 11.5 Å². The van der Waals surface area contributed by atoms with Crippen LogP contribution in [0.1, 0.15) is 12.5 Å². The second-order valence-electron chi connectivity index (χ2n) is 7.11. The molecule has 0 aliphatic carbocycles. The molecule has 1 unspecified atom stereocenters. The van der Waals surface area contributed by atoms with Gasteiger partial charge in [0.25, 0.3) is 5.91 Å². The molecule has 2 aliphatic heterocycles. The average Bonchev–Trinajstić information content (AvgIpc) is 3.26. The van der Waals surface area contributed by atoms with Gasteiger partial charge in [0.05, 0.1) is 13.7 Å². The molecule has 4 rings (SSSR count). The lowest BCUT2D eigenvalue weighted by Gasteiger charge is -2.22. The summed E-state index contributed by atoms with van der Waals surface area (Å²) in [5.41, 5.74) is -0.146. The van der Waals surface area contributed by atoms with E-state index in [1.54, 1.807) is 38.3 Å². The number of benzene rings is 2. The molecule has 0 saturated carbocycles. The number of ether oxygens (including phenoxy) is 4. The first kappa shape index (κ1) is 18.9. The van der Waals surface area contributed by atoms with Crippen LogP contribution in [0.3, 0.4) is 0 Å². The van der Waals surface area contributed by atoms with E-state index in [2.05, 4.69) is 5.32 Å². The number of amides is 3. The smallest absolute Gasteiger partial charge is 0.325 e. The lowest BCUT2D eigenvalue weighted by atomic mass is 9.92. The fourth-order valence-electron chi connectivity index (χ4n) is 3.46. The quantitative estimate of drug-likeness (QED) is 0.721. The van der Waals surface area contributed by atoms with Gasteiger partial charge in [-0.1, -0.05) is 6.07 Å². The Balaban J connectivity index is 1.37. The number of nitrogens with zero attached hydrogens (tertiary/aromatic N) is 1. The molecule has 2 aliphatic rings. The van der Waals surface area contributed by atoms with Gasteiger partial charge >= 0.3 is 6.03 Å². The van der Waals surface area contributed by atoms with E-state index in [1.807, 2.05) is 18.2 Å².